The third kappa shape index (κ3) is 5.75. The van der Waals surface area contributed by atoms with Gasteiger partial charge in [0.15, 0.2) is 15.0 Å². The maximum atomic E-state index is 12.4. The molecule has 1 aromatic heterocycles. The minimum atomic E-state index is -3.69. The Morgan fingerprint density at radius 3 is 2.58 bits per heavy atom. The highest BCUT2D eigenvalue weighted by molar-refractivity contribution is 7.92. The van der Waals surface area contributed by atoms with Crippen LogP contribution in [-0.4, -0.2) is 76.3 Å². The second kappa shape index (κ2) is 10.3. The van der Waals surface area contributed by atoms with E-state index >= 15 is 0 Å². The zero-order chi connectivity index (χ0) is 23.4. The van der Waals surface area contributed by atoms with Crippen LogP contribution in [0.2, 0.25) is 5.02 Å². The lowest BCUT2D eigenvalue weighted by molar-refractivity contribution is -0.118. The molecular weight excluding hydrogens is 484 g/mol. The largest absolute Gasteiger partial charge is 0.494 e. The first kappa shape index (κ1) is 23.7. The van der Waals surface area contributed by atoms with Crippen molar-refractivity contribution >= 4 is 54.0 Å². The summed E-state index contributed by atoms with van der Waals surface area (Å²) in [4.78, 5) is 21.5. The summed E-state index contributed by atoms with van der Waals surface area (Å²) in [6, 6.07) is 11.7. The summed E-state index contributed by atoms with van der Waals surface area (Å²) in [6.45, 7) is 4.40. The Kier molecular flexibility index (Phi) is 7.38. The number of anilines is 1. The Morgan fingerprint density at radius 2 is 1.88 bits per heavy atom. The SMILES string of the molecule is COc1cccc2sc(N3CCN(CCNC(=O)CS(=O)(=O)c4ccc(Cl)cc4)CC3)nc12. The van der Waals surface area contributed by atoms with E-state index in [9.17, 15) is 13.2 Å². The minimum Gasteiger partial charge on any atom is -0.494 e. The standard InChI is InChI=1S/C22H25ClN4O4S2/c1-31-18-3-2-4-19-21(18)25-22(32-19)27-13-11-26(12-14-27)10-9-24-20(28)15-33(29,30)17-7-5-16(23)6-8-17/h2-8H,9-15H2,1H3,(H,24,28). The van der Waals surface area contributed by atoms with Gasteiger partial charge in [0.1, 0.15) is 17.0 Å². The maximum absolute atomic E-state index is 12.4. The Morgan fingerprint density at radius 1 is 1.15 bits per heavy atom. The molecule has 2 heterocycles. The van der Waals surface area contributed by atoms with Crippen molar-refractivity contribution in [1.29, 1.82) is 0 Å². The quantitative estimate of drug-likeness (QED) is 0.500. The molecule has 0 atom stereocenters. The van der Waals surface area contributed by atoms with E-state index in [2.05, 4.69) is 15.1 Å². The van der Waals surface area contributed by atoms with Gasteiger partial charge < -0.3 is 15.0 Å². The lowest BCUT2D eigenvalue weighted by atomic mass is 10.3. The minimum absolute atomic E-state index is 0.0886. The number of hydrogen-bond acceptors (Lipinski definition) is 8. The molecule has 0 bridgehead atoms. The molecule has 3 aromatic rings. The number of fused-ring (bicyclic) bond motifs is 1. The number of carbonyl (C=O) groups is 1. The second-order valence-electron chi connectivity index (χ2n) is 7.70. The molecule has 4 rings (SSSR count). The summed E-state index contributed by atoms with van der Waals surface area (Å²) < 4.78 is 31.2. The number of piperazine rings is 1. The summed E-state index contributed by atoms with van der Waals surface area (Å²) in [5.74, 6) is -0.307. The molecule has 1 N–H and O–H groups in total. The molecule has 11 heteroatoms. The average Bonchev–Trinajstić information content (AvgIpc) is 3.24. The van der Waals surface area contributed by atoms with E-state index in [1.807, 2.05) is 18.2 Å². The molecule has 1 aliphatic heterocycles. The Hall–Kier alpha value is -2.40. The number of thiazole rings is 1. The van der Waals surface area contributed by atoms with E-state index in [4.69, 9.17) is 21.3 Å². The number of nitrogens with zero attached hydrogens (tertiary/aromatic N) is 3. The lowest BCUT2D eigenvalue weighted by Gasteiger charge is -2.34. The van der Waals surface area contributed by atoms with Gasteiger partial charge in [0.2, 0.25) is 5.91 Å². The van der Waals surface area contributed by atoms with Crippen molar-refractivity contribution in [3.8, 4) is 5.75 Å². The van der Waals surface area contributed by atoms with Gasteiger partial charge in [0, 0.05) is 44.3 Å². The van der Waals surface area contributed by atoms with Crippen LogP contribution in [0.3, 0.4) is 0 Å². The van der Waals surface area contributed by atoms with Crippen molar-refractivity contribution < 1.29 is 17.9 Å². The molecule has 0 saturated carbocycles. The van der Waals surface area contributed by atoms with Gasteiger partial charge >= 0.3 is 0 Å². The highest BCUT2D eigenvalue weighted by atomic mass is 35.5. The third-order valence-corrected chi connectivity index (χ3v) is 8.44. The van der Waals surface area contributed by atoms with Crippen LogP contribution in [0.15, 0.2) is 47.4 Å². The molecule has 0 unspecified atom stereocenters. The van der Waals surface area contributed by atoms with Crippen molar-refractivity contribution in [3.05, 3.63) is 47.5 Å². The molecule has 1 saturated heterocycles. The molecule has 0 radical (unpaired) electrons. The molecule has 8 nitrogen and oxygen atoms in total. The Bertz CT molecular complexity index is 1220. The van der Waals surface area contributed by atoms with E-state index in [1.165, 1.54) is 24.3 Å². The Labute approximate surface area is 202 Å². The first-order valence-electron chi connectivity index (χ1n) is 10.5. The number of aromatic nitrogens is 1. The molecule has 1 aliphatic rings. The van der Waals surface area contributed by atoms with Crippen LogP contribution >= 0.6 is 22.9 Å². The predicted molar refractivity (Wildman–Crippen MR) is 131 cm³/mol. The normalized spacial score (nSPS) is 15.0. The van der Waals surface area contributed by atoms with E-state index in [1.54, 1.807) is 18.4 Å². The van der Waals surface area contributed by atoms with E-state index < -0.39 is 21.5 Å². The molecule has 2 aromatic carbocycles. The number of benzene rings is 2. The summed E-state index contributed by atoms with van der Waals surface area (Å²) in [5, 5.41) is 4.14. The monoisotopic (exact) mass is 508 g/mol. The molecule has 1 fully saturated rings. The first-order chi connectivity index (χ1) is 15.9. The smallest absolute Gasteiger partial charge is 0.235 e. The number of rotatable bonds is 8. The topological polar surface area (TPSA) is 91.8 Å². The van der Waals surface area contributed by atoms with Gasteiger partial charge in [-0.3, -0.25) is 9.69 Å². The fourth-order valence-corrected chi connectivity index (χ4v) is 6.00. The zero-order valence-corrected chi connectivity index (χ0v) is 20.5. The second-order valence-corrected chi connectivity index (χ2v) is 11.1. The van der Waals surface area contributed by atoms with Gasteiger partial charge in [-0.25, -0.2) is 13.4 Å². The summed E-state index contributed by atoms with van der Waals surface area (Å²) in [6.07, 6.45) is 0. The molecule has 176 valence electrons. The van der Waals surface area contributed by atoms with Crippen molar-refractivity contribution in [2.75, 3.05) is 57.0 Å². The van der Waals surface area contributed by atoms with E-state index in [0.717, 1.165) is 47.3 Å². The van der Waals surface area contributed by atoms with E-state index in [0.29, 0.717) is 18.1 Å². The number of sulfone groups is 1. The number of halogens is 1. The van der Waals surface area contributed by atoms with Gasteiger partial charge in [0.25, 0.3) is 0 Å². The summed E-state index contributed by atoms with van der Waals surface area (Å²) in [5.41, 5.74) is 0.888. The van der Waals surface area contributed by atoms with Crippen molar-refractivity contribution in [2.24, 2.45) is 0 Å². The van der Waals surface area contributed by atoms with Gasteiger partial charge in [-0.15, -0.1) is 0 Å². The van der Waals surface area contributed by atoms with Crippen molar-refractivity contribution in [2.45, 2.75) is 4.90 Å². The number of para-hydroxylation sites is 1. The molecule has 0 aliphatic carbocycles. The summed E-state index contributed by atoms with van der Waals surface area (Å²) >= 11 is 7.45. The third-order valence-electron chi connectivity index (χ3n) is 5.48. The molecule has 0 spiro atoms. The van der Waals surface area contributed by atoms with Crippen LogP contribution in [0, 0.1) is 0 Å². The molecule has 33 heavy (non-hydrogen) atoms. The lowest BCUT2D eigenvalue weighted by Crippen LogP contribution is -2.48. The van der Waals surface area contributed by atoms with Gasteiger partial charge in [-0.05, 0) is 36.4 Å². The molecule has 1 amide bonds. The highest BCUT2D eigenvalue weighted by Crippen LogP contribution is 2.34. The number of amides is 1. The molecular formula is C22H25ClN4O4S2. The van der Waals surface area contributed by atoms with E-state index in [-0.39, 0.29) is 4.90 Å². The number of nitrogens with one attached hydrogen (secondary N) is 1. The van der Waals surface area contributed by atoms with Crippen LogP contribution in [0.25, 0.3) is 10.2 Å². The summed E-state index contributed by atoms with van der Waals surface area (Å²) in [7, 11) is -2.04. The average molecular weight is 509 g/mol. The van der Waals surface area contributed by atoms with Crippen LogP contribution in [-0.2, 0) is 14.6 Å². The Balaban J connectivity index is 1.23. The fraction of sp³-hybridized carbons (Fsp3) is 0.364. The highest BCUT2D eigenvalue weighted by Gasteiger charge is 2.22. The first-order valence-corrected chi connectivity index (χ1v) is 13.4. The van der Waals surface area contributed by atoms with Crippen LogP contribution in [0.1, 0.15) is 0 Å². The zero-order valence-electron chi connectivity index (χ0n) is 18.2. The van der Waals surface area contributed by atoms with Crippen LogP contribution in [0.4, 0.5) is 5.13 Å². The number of carbonyl (C=O) groups excluding carboxylic acids is 1. The van der Waals surface area contributed by atoms with Gasteiger partial charge in [-0.2, -0.15) is 0 Å². The maximum Gasteiger partial charge on any atom is 0.235 e. The van der Waals surface area contributed by atoms with Gasteiger partial charge in [-0.1, -0.05) is 29.0 Å². The number of methoxy groups -OCH3 is 1. The fourth-order valence-electron chi connectivity index (χ4n) is 3.68. The number of ether oxygens (including phenoxy) is 1. The van der Waals surface area contributed by atoms with Gasteiger partial charge in [0.05, 0.1) is 16.7 Å². The van der Waals surface area contributed by atoms with Crippen LogP contribution in [0.5, 0.6) is 5.75 Å². The van der Waals surface area contributed by atoms with Crippen LogP contribution < -0.4 is 15.0 Å². The van der Waals surface area contributed by atoms with Crippen molar-refractivity contribution in [3.63, 3.8) is 0 Å². The van der Waals surface area contributed by atoms with Crippen molar-refractivity contribution in [1.82, 2.24) is 15.2 Å². The predicted octanol–water partition coefficient (Wildman–Crippen LogP) is 2.67. The number of hydrogen-bond donors (Lipinski definition) is 1.